The van der Waals surface area contributed by atoms with Crippen molar-refractivity contribution >= 4 is 13.8 Å². The van der Waals surface area contributed by atoms with E-state index in [1.807, 2.05) is 0 Å². The fraction of sp³-hybridized carbons (Fsp3) is 0.841. The van der Waals surface area contributed by atoms with Crippen LogP contribution in [0.5, 0.6) is 0 Å². The molecule has 0 aromatic carbocycles. The van der Waals surface area contributed by atoms with Crippen LogP contribution < -0.4 is 5.73 Å². The lowest BCUT2D eigenvalue weighted by molar-refractivity contribution is -0.154. The molecule has 312 valence electrons. The molecular formula is C44H84NO7P. The molecule has 0 bridgehead atoms. The smallest absolute Gasteiger partial charge is 0.457 e. The largest absolute Gasteiger partial charge is 0.472 e. The summed E-state index contributed by atoms with van der Waals surface area (Å²) in [6.07, 6.45) is 47.3. The molecule has 0 aromatic heterocycles. The van der Waals surface area contributed by atoms with E-state index in [9.17, 15) is 14.3 Å². The summed E-state index contributed by atoms with van der Waals surface area (Å²) in [6, 6.07) is 0. The SMILES string of the molecule is CCCCCC/C=C\C/C=C\CCCCCCCCOCC(COP(=O)(O)OCCN)OC(=O)CCCCCCCCC/C=C\CCCCCCCC. The number of ether oxygens (including phenoxy) is 2. The highest BCUT2D eigenvalue weighted by Gasteiger charge is 2.25. The molecule has 0 radical (unpaired) electrons. The van der Waals surface area contributed by atoms with E-state index in [2.05, 4.69) is 50.3 Å². The average molecular weight is 770 g/mol. The highest BCUT2D eigenvalue weighted by molar-refractivity contribution is 7.47. The molecular weight excluding hydrogens is 685 g/mol. The minimum absolute atomic E-state index is 0.0976. The lowest BCUT2D eigenvalue weighted by Crippen LogP contribution is -2.28. The van der Waals surface area contributed by atoms with Crippen LogP contribution in [0.4, 0.5) is 0 Å². The minimum atomic E-state index is -4.28. The summed E-state index contributed by atoms with van der Waals surface area (Å²) in [5.74, 6) is -0.338. The van der Waals surface area contributed by atoms with Gasteiger partial charge in [0.1, 0.15) is 6.10 Å². The maximum atomic E-state index is 12.6. The molecule has 0 amide bonds. The molecule has 0 saturated carbocycles. The highest BCUT2D eigenvalue weighted by Crippen LogP contribution is 2.43. The lowest BCUT2D eigenvalue weighted by atomic mass is 10.1. The van der Waals surface area contributed by atoms with Crippen molar-refractivity contribution in [2.24, 2.45) is 5.73 Å². The van der Waals surface area contributed by atoms with E-state index < -0.39 is 13.9 Å². The second-order valence-electron chi connectivity index (χ2n) is 14.6. The summed E-state index contributed by atoms with van der Waals surface area (Å²) in [6.45, 7) is 4.88. The number of esters is 1. The molecule has 0 aliphatic rings. The first-order chi connectivity index (χ1) is 25.9. The van der Waals surface area contributed by atoms with Gasteiger partial charge in [-0.15, -0.1) is 0 Å². The molecule has 0 fully saturated rings. The number of allylic oxidation sites excluding steroid dienone is 6. The van der Waals surface area contributed by atoms with Gasteiger partial charge in [0.15, 0.2) is 0 Å². The minimum Gasteiger partial charge on any atom is -0.457 e. The third-order valence-electron chi connectivity index (χ3n) is 9.28. The summed E-state index contributed by atoms with van der Waals surface area (Å²) in [5.41, 5.74) is 5.37. The van der Waals surface area contributed by atoms with E-state index in [0.29, 0.717) is 13.0 Å². The van der Waals surface area contributed by atoms with Crippen LogP contribution in [0.25, 0.3) is 0 Å². The van der Waals surface area contributed by atoms with Crippen molar-refractivity contribution in [2.75, 3.05) is 33.0 Å². The standard InChI is InChI=1S/C44H84NO7P/c1-3-5-7-9-11-13-15-17-19-21-23-25-27-29-31-33-35-37-44(46)52-43(42-51-53(47,48)50-40-38-45)41-49-39-36-34-32-30-28-26-24-22-20-18-16-14-12-10-8-6-4-2/h14,16-17,19-20,22,43H,3-13,15,18,21,23-42,45H2,1-2H3,(H,47,48)/b16-14-,19-17-,22-20-. The van der Waals surface area contributed by atoms with Crippen LogP contribution in [0, 0.1) is 0 Å². The average Bonchev–Trinajstić information content (AvgIpc) is 3.15. The molecule has 0 rings (SSSR count). The van der Waals surface area contributed by atoms with Crippen LogP contribution >= 0.6 is 7.82 Å². The number of nitrogens with two attached hydrogens (primary N) is 1. The van der Waals surface area contributed by atoms with E-state index in [1.54, 1.807) is 0 Å². The number of phosphoric acid groups is 1. The molecule has 0 aliphatic carbocycles. The van der Waals surface area contributed by atoms with Gasteiger partial charge in [-0.25, -0.2) is 4.57 Å². The molecule has 2 atom stereocenters. The zero-order chi connectivity index (χ0) is 38.8. The Morgan fingerprint density at radius 2 is 1.00 bits per heavy atom. The van der Waals surface area contributed by atoms with E-state index in [4.69, 9.17) is 24.3 Å². The van der Waals surface area contributed by atoms with Crippen LogP contribution in [-0.2, 0) is 27.9 Å². The van der Waals surface area contributed by atoms with Crippen LogP contribution in [0.2, 0.25) is 0 Å². The zero-order valence-electron chi connectivity index (χ0n) is 34.5. The Hall–Kier alpha value is -1.28. The fourth-order valence-electron chi connectivity index (χ4n) is 6.02. The normalized spacial score (nSPS) is 13.8. The molecule has 9 heteroatoms. The Morgan fingerprint density at radius 3 is 1.51 bits per heavy atom. The summed E-state index contributed by atoms with van der Waals surface area (Å²) < 4.78 is 33.4. The third kappa shape index (κ3) is 41.7. The van der Waals surface area contributed by atoms with Crippen molar-refractivity contribution in [3.05, 3.63) is 36.5 Å². The van der Waals surface area contributed by atoms with Crippen LogP contribution in [-0.4, -0.2) is 49.9 Å². The topological polar surface area (TPSA) is 117 Å². The van der Waals surface area contributed by atoms with E-state index >= 15 is 0 Å². The van der Waals surface area contributed by atoms with Gasteiger partial charge in [0, 0.05) is 19.6 Å². The molecule has 0 saturated heterocycles. The molecule has 2 unspecified atom stereocenters. The Morgan fingerprint density at radius 1 is 0.566 bits per heavy atom. The van der Waals surface area contributed by atoms with Gasteiger partial charge in [-0.1, -0.05) is 159 Å². The van der Waals surface area contributed by atoms with Gasteiger partial charge in [-0.2, -0.15) is 0 Å². The summed E-state index contributed by atoms with van der Waals surface area (Å²) >= 11 is 0. The molecule has 0 heterocycles. The van der Waals surface area contributed by atoms with Gasteiger partial charge < -0.3 is 20.1 Å². The summed E-state index contributed by atoms with van der Waals surface area (Å²) in [7, 11) is -4.28. The van der Waals surface area contributed by atoms with Crippen LogP contribution in [0.3, 0.4) is 0 Å². The van der Waals surface area contributed by atoms with E-state index in [1.165, 1.54) is 128 Å². The van der Waals surface area contributed by atoms with E-state index in [-0.39, 0.29) is 32.3 Å². The fourth-order valence-corrected chi connectivity index (χ4v) is 6.79. The lowest BCUT2D eigenvalue weighted by Gasteiger charge is -2.20. The number of carbonyl (C=O) groups is 1. The van der Waals surface area contributed by atoms with Gasteiger partial charge in [0.25, 0.3) is 0 Å². The first kappa shape index (κ1) is 51.7. The molecule has 0 spiro atoms. The first-order valence-electron chi connectivity index (χ1n) is 22.0. The predicted octanol–water partition coefficient (Wildman–Crippen LogP) is 13.0. The van der Waals surface area contributed by atoms with Gasteiger partial charge in [0.05, 0.1) is 19.8 Å². The second-order valence-corrected chi connectivity index (χ2v) is 16.0. The Labute approximate surface area is 327 Å². The molecule has 53 heavy (non-hydrogen) atoms. The van der Waals surface area contributed by atoms with Crippen molar-refractivity contribution in [3.63, 3.8) is 0 Å². The van der Waals surface area contributed by atoms with Gasteiger partial charge >= 0.3 is 13.8 Å². The van der Waals surface area contributed by atoms with Crippen molar-refractivity contribution in [1.82, 2.24) is 0 Å². The van der Waals surface area contributed by atoms with Crippen molar-refractivity contribution in [2.45, 2.75) is 206 Å². The summed E-state index contributed by atoms with van der Waals surface area (Å²) in [4.78, 5) is 22.5. The summed E-state index contributed by atoms with van der Waals surface area (Å²) in [5, 5.41) is 0. The monoisotopic (exact) mass is 770 g/mol. The Balaban J connectivity index is 4.05. The highest BCUT2D eigenvalue weighted by atomic mass is 31.2. The van der Waals surface area contributed by atoms with E-state index in [0.717, 1.165) is 51.4 Å². The van der Waals surface area contributed by atoms with Gasteiger partial charge in [-0.05, 0) is 70.6 Å². The zero-order valence-corrected chi connectivity index (χ0v) is 35.4. The van der Waals surface area contributed by atoms with Crippen LogP contribution in [0.1, 0.15) is 200 Å². The first-order valence-corrected chi connectivity index (χ1v) is 23.5. The molecule has 0 aliphatic heterocycles. The molecule has 3 N–H and O–H groups in total. The predicted molar refractivity (Wildman–Crippen MR) is 224 cm³/mol. The van der Waals surface area contributed by atoms with Crippen LogP contribution in [0.15, 0.2) is 36.5 Å². The Bertz CT molecular complexity index is 910. The number of hydrogen-bond donors (Lipinski definition) is 2. The maximum absolute atomic E-state index is 12.6. The molecule has 0 aromatic rings. The van der Waals surface area contributed by atoms with Gasteiger partial charge in [-0.3, -0.25) is 13.8 Å². The molecule has 8 nitrogen and oxygen atoms in total. The van der Waals surface area contributed by atoms with Crippen molar-refractivity contribution in [1.29, 1.82) is 0 Å². The quantitative estimate of drug-likeness (QED) is 0.0273. The second kappa shape index (κ2) is 41.9. The Kier molecular flexibility index (Phi) is 40.9. The number of phosphoric ester groups is 1. The third-order valence-corrected chi connectivity index (χ3v) is 10.3. The number of hydrogen-bond acceptors (Lipinski definition) is 7. The van der Waals surface area contributed by atoms with Gasteiger partial charge in [0.2, 0.25) is 0 Å². The van der Waals surface area contributed by atoms with Crippen molar-refractivity contribution in [3.8, 4) is 0 Å². The number of unbranched alkanes of at least 4 members (excludes halogenated alkanes) is 23. The van der Waals surface area contributed by atoms with Crippen molar-refractivity contribution < 1.29 is 32.8 Å². The number of rotatable bonds is 42. The number of carbonyl (C=O) groups excluding carboxylic acids is 1. The maximum Gasteiger partial charge on any atom is 0.472 e.